The smallest absolute Gasteiger partial charge is 0.225 e. The highest BCUT2D eigenvalue weighted by Crippen LogP contribution is 2.13. The van der Waals surface area contributed by atoms with Gasteiger partial charge in [0.25, 0.3) is 0 Å². The van der Waals surface area contributed by atoms with Crippen LogP contribution < -0.4 is 5.32 Å². The molecule has 3 heteroatoms. The van der Waals surface area contributed by atoms with E-state index in [4.69, 9.17) is 0 Å². The lowest BCUT2D eigenvalue weighted by atomic mass is 10.0. The summed E-state index contributed by atoms with van der Waals surface area (Å²) < 4.78 is 0. The summed E-state index contributed by atoms with van der Waals surface area (Å²) in [5.41, 5.74) is 0. The van der Waals surface area contributed by atoms with Crippen molar-refractivity contribution in [1.82, 2.24) is 10.2 Å². The summed E-state index contributed by atoms with van der Waals surface area (Å²) >= 11 is 0. The summed E-state index contributed by atoms with van der Waals surface area (Å²) in [5.74, 6) is 0.453. The lowest BCUT2D eigenvalue weighted by molar-refractivity contribution is -0.135. The topological polar surface area (TPSA) is 32.3 Å². The van der Waals surface area contributed by atoms with Crippen molar-refractivity contribution in [3.05, 3.63) is 0 Å². The van der Waals surface area contributed by atoms with Gasteiger partial charge in [0.15, 0.2) is 0 Å². The fourth-order valence-corrected chi connectivity index (χ4v) is 2.02. The molecule has 1 amide bonds. The minimum atomic E-state index is 0.144. The summed E-state index contributed by atoms with van der Waals surface area (Å²) in [4.78, 5) is 13.7. The number of hydrogen-bond donors (Lipinski definition) is 1. The minimum absolute atomic E-state index is 0.144. The molecule has 0 aromatic rings. The first kappa shape index (κ1) is 12.5. The maximum atomic E-state index is 11.7. The van der Waals surface area contributed by atoms with Crippen molar-refractivity contribution < 1.29 is 4.79 Å². The Morgan fingerprint density at radius 1 is 1.40 bits per heavy atom. The average molecular weight is 212 g/mol. The van der Waals surface area contributed by atoms with E-state index in [9.17, 15) is 4.79 Å². The van der Waals surface area contributed by atoms with Crippen LogP contribution in [0.5, 0.6) is 0 Å². The van der Waals surface area contributed by atoms with Crippen LogP contribution in [0.1, 0.15) is 40.0 Å². The molecule has 0 radical (unpaired) electrons. The molecule has 1 aliphatic heterocycles. The number of rotatable bonds is 4. The van der Waals surface area contributed by atoms with Gasteiger partial charge in [-0.25, -0.2) is 0 Å². The molecule has 0 aromatic carbocycles. The second-order valence-electron chi connectivity index (χ2n) is 4.71. The molecule has 1 N–H and O–H groups in total. The molecule has 1 rings (SSSR count). The van der Waals surface area contributed by atoms with Gasteiger partial charge in [-0.3, -0.25) is 4.79 Å². The van der Waals surface area contributed by atoms with Gasteiger partial charge in [-0.05, 0) is 25.8 Å². The highest BCUT2D eigenvalue weighted by atomic mass is 16.2. The molecule has 0 unspecified atom stereocenters. The Kier molecular flexibility index (Phi) is 5.09. The van der Waals surface area contributed by atoms with E-state index in [1.807, 2.05) is 18.7 Å². The molecule has 0 atom stereocenters. The van der Waals surface area contributed by atoms with Crippen LogP contribution in [0.3, 0.4) is 0 Å². The molecule has 0 spiro atoms. The number of piperidine rings is 1. The van der Waals surface area contributed by atoms with Crippen LogP contribution in [-0.2, 0) is 4.79 Å². The zero-order chi connectivity index (χ0) is 11.3. The molecule has 0 aliphatic carbocycles. The van der Waals surface area contributed by atoms with Crippen LogP contribution >= 0.6 is 0 Å². The third-order valence-corrected chi connectivity index (χ3v) is 2.98. The number of hydrogen-bond acceptors (Lipinski definition) is 2. The molecule has 3 nitrogen and oxygen atoms in total. The number of carbonyl (C=O) groups excluding carboxylic acids is 1. The third-order valence-electron chi connectivity index (χ3n) is 2.98. The molecule has 88 valence electrons. The third kappa shape index (κ3) is 3.82. The number of carbonyl (C=O) groups is 1. The summed E-state index contributed by atoms with van der Waals surface area (Å²) in [7, 11) is 0. The van der Waals surface area contributed by atoms with Gasteiger partial charge in [0.2, 0.25) is 5.91 Å². The molecule has 0 bridgehead atoms. The maximum Gasteiger partial charge on any atom is 0.225 e. The largest absolute Gasteiger partial charge is 0.342 e. The van der Waals surface area contributed by atoms with Crippen molar-refractivity contribution in [2.45, 2.75) is 46.1 Å². The summed E-state index contributed by atoms with van der Waals surface area (Å²) in [6.07, 6.45) is 3.40. The van der Waals surface area contributed by atoms with Crippen molar-refractivity contribution in [2.75, 3.05) is 19.6 Å². The highest BCUT2D eigenvalue weighted by Gasteiger charge is 2.23. The Hall–Kier alpha value is -0.570. The van der Waals surface area contributed by atoms with Gasteiger partial charge < -0.3 is 10.2 Å². The van der Waals surface area contributed by atoms with E-state index in [2.05, 4.69) is 12.2 Å². The van der Waals surface area contributed by atoms with Gasteiger partial charge in [-0.15, -0.1) is 0 Å². The molecule has 1 saturated heterocycles. The van der Waals surface area contributed by atoms with Crippen LogP contribution in [-0.4, -0.2) is 36.5 Å². The Labute approximate surface area is 93.2 Å². The first-order chi connectivity index (χ1) is 7.15. The molecular weight excluding hydrogens is 188 g/mol. The zero-order valence-corrected chi connectivity index (χ0v) is 10.3. The van der Waals surface area contributed by atoms with Gasteiger partial charge in [-0.1, -0.05) is 20.8 Å². The van der Waals surface area contributed by atoms with Crippen LogP contribution in [0.2, 0.25) is 0 Å². The molecular formula is C12H24N2O. The van der Waals surface area contributed by atoms with Crippen LogP contribution in [0, 0.1) is 5.92 Å². The quantitative estimate of drug-likeness (QED) is 0.768. The molecule has 1 heterocycles. The van der Waals surface area contributed by atoms with Gasteiger partial charge in [0, 0.05) is 25.0 Å². The van der Waals surface area contributed by atoms with E-state index >= 15 is 0 Å². The SMILES string of the molecule is CCCNC1CCN(C(=O)C(C)C)CC1. The summed E-state index contributed by atoms with van der Waals surface area (Å²) in [6.45, 7) is 9.09. The van der Waals surface area contributed by atoms with Crippen LogP contribution in [0.15, 0.2) is 0 Å². The molecule has 1 fully saturated rings. The van der Waals surface area contributed by atoms with E-state index in [-0.39, 0.29) is 5.92 Å². The van der Waals surface area contributed by atoms with Crippen molar-refractivity contribution >= 4 is 5.91 Å². The Morgan fingerprint density at radius 3 is 2.47 bits per heavy atom. The average Bonchev–Trinajstić information content (AvgIpc) is 2.26. The number of likely N-dealkylation sites (tertiary alicyclic amines) is 1. The Morgan fingerprint density at radius 2 is 2.00 bits per heavy atom. The van der Waals surface area contributed by atoms with Gasteiger partial charge in [0.05, 0.1) is 0 Å². The highest BCUT2D eigenvalue weighted by molar-refractivity contribution is 5.78. The normalized spacial score (nSPS) is 18.5. The molecule has 15 heavy (non-hydrogen) atoms. The van der Waals surface area contributed by atoms with Crippen molar-refractivity contribution in [2.24, 2.45) is 5.92 Å². The Balaban J connectivity index is 2.26. The lowest BCUT2D eigenvalue weighted by Crippen LogP contribution is -2.46. The van der Waals surface area contributed by atoms with Crippen LogP contribution in [0.4, 0.5) is 0 Å². The molecule has 0 saturated carbocycles. The number of nitrogens with zero attached hydrogens (tertiary/aromatic N) is 1. The first-order valence-corrected chi connectivity index (χ1v) is 6.17. The van der Waals surface area contributed by atoms with Gasteiger partial charge in [0.1, 0.15) is 0 Å². The monoisotopic (exact) mass is 212 g/mol. The molecule has 0 aromatic heterocycles. The van der Waals surface area contributed by atoms with Crippen molar-refractivity contribution in [3.63, 3.8) is 0 Å². The molecule has 1 aliphatic rings. The predicted molar refractivity (Wildman–Crippen MR) is 62.7 cm³/mol. The van der Waals surface area contributed by atoms with E-state index in [0.29, 0.717) is 11.9 Å². The Bertz CT molecular complexity index is 196. The standard InChI is InChI=1S/C12H24N2O/c1-4-7-13-11-5-8-14(9-6-11)12(15)10(2)3/h10-11,13H,4-9H2,1-3H3. The summed E-state index contributed by atoms with van der Waals surface area (Å²) in [6, 6.07) is 0.626. The van der Waals surface area contributed by atoms with Crippen molar-refractivity contribution in [1.29, 1.82) is 0 Å². The minimum Gasteiger partial charge on any atom is -0.342 e. The van der Waals surface area contributed by atoms with E-state index in [1.54, 1.807) is 0 Å². The summed E-state index contributed by atoms with van der Waals surface area (Å²) in [5, 5.41) is 3.52. The predicted octanol–water partition coefficient (Wildman–Crippen LogP) is 1.63. The maximum absolute atomic E-state index is 11.7. The number of nitrogens with one attached hydrogen (secondary N) is 1. The van der Waals surface area contributed by atoms with E-state index in [0.717, 1.165) is 32.5 Å². The van der Waals surface area contributed by atoms with E-state index < -0.39 is 0 Å². The van der Waals surface area contributed by atoms with Crippen molar-refractivity contribution in [3.8, 4) is 0 Å². The van der Waals surface area contributed by atoms with Gasteiger partial charge >= 0.3 is 0 Å². The van der Waals surface area contributed by atoms with E-state index in [1.165, 1.54) is 6.42 Å². The van der Waals surface area contributed by atoms with Gasteiger partial charge in [-0.2, -0.15) is 0 Å². The fraction of sp³-hybridized carbons (Fsp3) is 0.917. The second-order valence-corrected chi connectivity index (χ2v) is 4.71. The number of amides is 1. The zero-order valence-electron chi connectivity index (χ0n) is 10.3. The fourth-order valence-electron chi connectivity index (χ4n) is 2.02. The van der Waals surface area contributed by atoms with Crippen LogP contribution in [0.25, 0.3) is 0 Å². The lowest BCUT2D eigenvalue weighted by Gasteiger charge is -2.33. The first-order valence-electron chi connectivity index (χ1n) is 6.17. The second kappa shape index (κ2) is 6.11.